The Bertz CT molecular complexity index is 599. The van der Waals surface area contributed by atoms with Crippen LogP contribution >= 0.6 is 23.2 Å². The van der Waals surface area contributed by atoms with Crippen molar-refractivity contribution >= 4 is 35.0 Å². The van der Waals surface area contributed by atoms with Crippen molar-refractivity contribution in [2.45, 2.75) is 31.2 Å². The molecule has 2 fully saturated rings. The van der Waals surface area contributed by atoms with E-state index in [4.69, 9.17) is 23.2 Å². The number of hydrogen-bond acceptors (Lipinski definition) is 2. The van der Waals surface area contributed by atoms with Crippen molar-refractivity contribution in [1.82, 2.24) is 10.6 Å². The van der Waals surface area contributed by atoms with Gasteiger partial charge in [0.25, 0.3) is 0 Å². The van der Waals surface area contributed by atoms with Crippen molar-refractivity contribution in [3.8, 4) is 0 Å². The minimum absolute atomic E-state index is 0.0478. The normalized spacial score (nSPS) is 23.3. The number of rotatable bonds is 3. The highest BCUT2D eigenvalue weighted by atomic mass is 35.5. The van der Waals surface area contributed by atoms with E-state index in [0.29, 0.717) is 23.0 Å². The average Bonchev–Trinajstić information content (AvgIpc) is 3.22. The van der Waals surface area contributed by atoms with Gasteiger partial charge in [0.05, 0.1) is 15.6 Å². The van der Waals surface area contributed by atoms with Crippen LogP contribution in [0.15, 0.2) is 18.2 Å². The molecular formula is C15H16Cl2N2O2. The van der Waals surface area contributed by atoms with Gasteiger partial charge in [0.2, 0.25) is 11.8 Å². The summed E-state index contributed by atoms with van der Waals surface area (Å²) >= 11 is 12.0. The molecule has 3 rings (SSSR count). The predicted molar refractivity (Wildman–Crippen MR) is 81.3 cm³/mol. The summed E-state index contributed by atoms with van der Waals surface area (Å²) in [5, 5.41) is 6.84. The van der Waals surface area contributed by atoms with Crippen LogP contribution in [0.3, 0.4) is 0 Å². The second kappa shape index (κ2) is 5.50. The summed E-state index contributed by atoms with van der Waals surface area (Å²) in [6.45, 7) is 0.566. The lowest BCUT2D eigenvalue weighted by molar-refractivity contribution is -0.133. The monoisotopic (exact) mass is 326 g/mol. The first-order valence-corrected chi connectivity index (χ1v) is 7.80. The van der Waals surface area contributed by atoms with Crippen molar-refractivity contribution < 1.29 is 9.59 Å². The van der Waals surface area contributed by atoms with Gasteiger partial charge in [-0.3, -0.25) is 9.59 Å². The standard InChI is InChI=1S/C15H16Cl2N2O2/c16-11-2-1-10(8-12(11)17)15(4-5-15)19-14(21)9-3-6-18-13(20)7-9/h1-2,8-9H,3-7H2,(H,18,20)(H,19,21). The van der Waals surface area contributed by atoms with Crippen LogP contribution in [0.5, 0.6) is 0 Å². The molecule has 2 N–H and O–H groups in total. The van der Waals surface area contributed by atoms with Gasteiger partial charge in [-0.2, -0.15) is 0 Å². The van der Waals surface area contributed by atoms with Crippen LogP contribution < -0.4 is 10.6 Å². The van der Waals surface area contributed by atoms with Gasteiger partial charge in [-0.1, -0.05) is 29.3 Å². The molecule has 1 saturated carbocycles. The summed E-state index contributed by atoms with van der Waals surface area (Å²) < 4.78 is 0. The molecule has 0 radical (unpaired) electrons. The van der Waals surface area contributed by atoms with Crippen LogP contribution in [0.1, 0.15) is 31.2 Å². The zero-order valence-corrected chi connectivity index (χ0v) is 12.9. The van der Waals surface area contributed by atoms with Gasteiger partial charge in [0, 0.05) is 18.9 Å². The van der Waals surface area contributed by atoms with Crippen molar-refractivity contribution in [2.75, 3.05) is 6.54 Å². The molecule has 112 valence electrons. The molecule has 1 aromatic carbocycles. The maximum absolute atomic E-state index is 12.4. The largest absolute Gasteiger partial charge is 0.356 e. The van der Waals surface area contributed by atoms with Crippen LogP contribution in [0.25, 0.3) is 0 Å². The number of nitrogens with one attached hydrogen (secondary N) is 2. The number of amides is 2. The van der Waals surface area contributed by atoms with E-state index in [0.717, 1.165) is 18.4 Å². The van der Waals surface area contributed by atoms with E-state index in [9.17, 15) is 9.59 Å². The summed E-state index contributed by atoms with van der Waals surface area (Å²) in [5.74, 6) is -0.340. The Kier molecular flexibility index (Phi) is 3.84. The number of hydrogen-bond donors (Lipinski definition) is 2. The predicted octanol–water partition coefficient (Wildman–Crippen LogP) is 2.62. The zero-order valence-electron chi connectivity index (χ0n) is 11.4. The lowest BCUT2D eigenvalue weighted by atomic mass is 9.95. The quantitative estimate of drug-likeness (QED) is 0.897. The molecule has 1 heterocycles. The average molecular weight is 327 g/mol. The Morgan fingerprint density at radius 2 is 2.05 bits per heavy atom. The molecule has 2 aliphatic rings. The van der Waals surface area contributed by atoms with Crippen LogP contribution in [0.4, 0.5) is 0 Å². The molecule has 21 heavy (non-hydrogen) atoms. The minimum atomic E-state index is -0.334. The zero-order chi connectivity index (χ0) is 15.0. The van der Waals surface area contributed by atoms with Crippen LogP contribution in [-0.4, -0.2) is 18.4 Å². The fourth-order valence-electron chi connectivity index (χ4n) is 2.75. The summed E-state index contributed by atoms with van der Waals surface area (Å²) in [4.78, 5) is 23.8. The van der Waals surface area contributed by atoms with E-state index in [1.54, 1.807) is 6.07 Å². The van der Waals surface area contributed by atoms with Crippen LogP contribution in [-0.2, 0) is 15.1 Å². The van der Waals surface area contributed by atoms with E-state index < -0.39 is 0 Å². The van der Waals surface area contributed by atoms with Crippen LogP contribution in [0.2, 0.25) is 10.0 Å². The molecule has 2 amide bonds. The minimum Gasteiger partial charge on any atom is -0.356 e. The molecule has 0 spiro atoms. The van der Waals surface area contributed by atoms with E-state index >= 15 is 0 Å². The van der Waals surface area contributed by atoms with Gasteiger partial charge in [-0.25, -0.2) is 0 Å². The molecule has 4 nitrogen and oxygen atoms in total. The second-order valence-corrected chi connectivity index (χ2v) is 6.55. The number of piperidine rings is 1. The Balaban J connectivity index is 1.72. The van der Waals surface area contributed by atoms with Gasteiger partial charge >= 0.3 is 0 Å². The van der Waals surface area contributed by atoms with Gasteiger partial charge in [-0.05, 0) is 37.0 Å². The molecule has 1 aliphatic heterocycles. The van der Waals surface area contributed by atoms with Crippen LogP contribution in [0, 0.1) is 5.92 Å². The molecular weight excluding hydrogens is 311 g/mol. The number of halogens is 2. The van der Waals surface area contributed by atoms with E-state index in [1.807, 2.05) is 12.1 Å². The number of benzene rings is 1. The van der Waals surface area contributed by atoms with E-state index in [1.165, 1.54) is 0 Å². The Hall–Kier alpha value is -1.26. The highest BCUT2D eigenvalue weighted by molar-refractivity contribution is 6.42. The lowest BCUT2D eigenvalue weighted by Gasteiger charge is -2.25. The third kappa shape index (κ3) is 3.01. The summed E-state index contributed by atoms with van der Waals surface area (Å²) in [5.41, 5.74) is 0.643. The molecule has 1 aliphatic carbocycles. The van der Waals surface area contributed by atoms with Gasteiger partial charge < -0.3 is 10.6 Å². The first kappa shape index (κ1) is 14.7. The summed E-state index contributed by atoms with van der Waals surface area (Å²) in [6, 6.07) is 5.46. The Morgan fingerprint density at radius 3 is 2.67 bits per heavy atom. The Morgan fingerprint density at radius 1 is 1.29 bits per heavy atom. The number of carbonyl (C=O) groups is 2. The molecule has 6 heteroatoms. The molecule has 1 unspecified atom stereocenters. The first-order chi connectivity index (χ1) is 10.00. The third-order valence-corrected chi connectivity index (χ3v) is 4.94. The fourth-order valence-corrected chi connectivity index (χ4v) is 3.05. The highest BCUT2D eigenvalue weighted by Gasteiger charge is 2.46. The smallest absolute Gasteiger partial charge is 0.224 e. The highest BCUT2D eigenvalue weighted by Crippen LogP contribution is 2.47. The van der Waals surface area contributed by atoms with Crippen molar-refractivity contribution in [3.63, 3.8) is 0 Å². The lowest BCUT2D eigenvalue weighted by Crippen LogP contribution is -2.44. The van der Waals surface area contributed by atoms with Crippen molar-refractivity contribution in [1.29, 1.82) is 0 Å². The second-order valence-electron chi connectivity index (χ2n) is 5.74. The SMILES string of the molecule is O=C1CC(C(=O)NC2(c3ccc(Cl)c(Cl)c3)CC2)CCN1. The molecule has 0 aromatic heterocycles. The fraction of sp³-hybridized carbons (Fsp3) is 0.467. The van der Waals surface area contributed by atoms with E-state index in [2.05, 4.69) is 10.6 Å². The van der Waals surface area contributed by atoms with Gasteiger partial charge in [0.1, 0.15) is 0 Å². The first-order valence-electron chi connectivity index (χ1n) is 7.04. The molecule has 1 aromatic rings. The summed E-state index contributed by atoms with van der Waals surface area (Å²) in [7, 11) is 0. The van der Waals surface area contributed by atoms with Crippen molar-refractivity contribution in [3.05, 3.63) is 33.8 Å². The molecule has 0 bridgehead atoms. The Labute approximate surface area is 133 Å². The number of carbonyl (C=O) groups excluding carboxylic acids is 2. The molecule has 1 atom stereocenters. The maximum atomic E-state index is 12.4. The summed E-state index contributed by atoms with van der Waals surface area (Å²) in [6.07, 6.45) is 2.73. The van der Waals surface area contributed by atoms with Gasteiger partial charge in [0.15, 0.2) is 0 Å². The van der Waals surface area contributed by atoms with Gasteiger partial charge in [-0.15, -0.1) is 0 Å². The molecule has 1 saturated heterocycles. The third-order valence-electron chi connectivity index (χ3n) is 4.20. The van der Waals surface area contributed by atoms with E-state index in [-0.39, 0.29) is 29.7 Å². The maximum Gasteiger partial charge on any atom is 0.224 e. The van der Waals surface area contributed by atoms with Crippen molar-refractivity contribution in [2.24, 2.45) is 5.92 Å². The topological polar surface area (TPSA) is 58.2 Å².